The number of hydrogen-bond acceptors (Lipinski definition) is 4. The molecule has 0 aliphatic carbocycles. The van der Waals surface area contributed by atoms with Gasteiger partial charge in [0.15, 0.2) is 11.5 Å². The Labute approximate surface area is 194 Å². The molecule has 3 aromatic rings. The fraction of sp³-hybridized carbons (Fsp3) is 0.259. The molecule has 0 radical (unpaired) electrons. The zero-order valence-corrected chi connectivity index (χ0v) is 19.1. The Morgan fingerprint density at radius 2 is 1.73 bits per heavy atom. The van der Waals surface area contributed by atoms with Crippen molar-refractivity contribution in [2.45, 2.75) is 32.4 Å². The predicted molar refractivity (Wildman–Crippen MR) is 128 cm³/mol. The summed E-state index contributed by atoms with van der Waals surface area (Å²) in [5.41, 5.74) is 4.39. The average Bonchev–Trinajstić information content (AvgIpc) is 3.18. The lowest BCUT2D eigenvalue weighted by molar-refractivity contribution is -0.117. The van der Waals surface area contributed by atoms with Gasteiger partial charge in [-0.15, -0.1) is 0 Å². The van der Waals surface area contributed by atoms with Crippen LogP contribution in [0.25, 0.3) is 0 Å². The van der Waals surface area contributed by atoms with Gasteiger partial charge in [0.2, 0.25) is 5.91 Å². The fourth-order valence-corrected chi connectivity index (χ4v) is 4.21. The molecule has 1 heterocycles. The maximum atomic E-state index is 13.2. The number of aryl methyl sites for hydroxylation is 1. The summed E-state index contributed by atoms with van der Waals surface area (Å²) in [5.74, 6) is 0.907. The summed E-state index contributed by atoms with van der Waals surface area (Å²) in [7, 11) is 3.15. The van der Waals surface area contributed by atoms with Gasteiger partial charge < -0.3 is 19.7 Å². The van der Waals surface area contributed by atoms with Crippen molar-refractivity contribution < 1.29 is 19.1 Å². The molecule has 0 saturated carbocycles. The van der Waals surface area contributed by atoms with Gasteiger partial charge in [0.25, 0.3) is 5.91 Å². The molecule has 1 aliphatic heterocycles. The van der Waals surface area contributed by atoms with Gasteiger partial charge in [0.1, 0.15) is 0 Å². The molecular weight excluding hydrogens is 416 g/mol. The van der Waals surface area contributed by atoms with Crippen LogP contribution in [0.2, 0.25) is 0 Å². The molecule has 0 spiro atoms. The third kappa shape index (κ3) is 4.70. The first-order valence-corrected chi connectivity index (χ1v) is 11.0. The fourth-order valence-electron chi connectivity index (χ4n) is 4.21. The van der Waals surface area contributed by atoms with E-state index in [-0.39, 0.29) is 18.2 Å². The smallest absolute Gasteiger partial charge is 0.255 e. The Balaban J connectivity index is 1.63. The van der Waals surface area contributed by atoms with E-state index in [1.54, 1.807) is 25.2 Å². The van der Waals surface area contributed by atoms with Crippen LogP contribution in [0.4, 0.5) is 5.69 Å². The Kier molecular flexibility index (Phi) is 6.63. The third-order valence-electron chi connectivity index (χ3n) is 6.04. The first-order chi connectivity index (χ1) is 16.0. The van der Waals surface area contributed by atoms with Gasteiger partial charge in [-0.3, -0.25) is 9.59 Å². The lowest BCUT2D eigenvalue weighted by atomic mass is 10.0. The van der Waals surface area contributed by atoms with E-state index >= 15 is 0 Å². The van der Waals surface area contributed by atoms with Crippen LogP contribution < -0.4 is 14.8 Å². The molecule has 1 atom stereocenters. The second-order valence-electron chi connectivity index (χ2n) is 8.02. The Morgan fingerprint density at radius 3 is 2.39 bits per heavy atom. The SMILES string of the molecule is CCc1ccc(NC(=O)C[C@H](c2ccc(OC)c(OC)c2)N2Cc3ccccc3C2=O)cc1. The van der Waals surface area contributed by atoms with E-state index in [0.717, 1.165) is 23.2 Å². The number of anilines is 1. The molecule has 0 bridgehead atoms. The number of nitrogens with zero attached hydrogens (tertiary/aromatic N) is 1. The maximum absolute atomic E-state index is 13.2. The maximum Gasteiger partial charge on any atom is 0.255 e. The van der Waals surface area contributed by atoms with Gasteiger partial charge in [0.05, 0.1) is 26.7 Å². The van der Waals surface area contributed by atoms with Crippen LogP contribution in [0, 0.1) is 0 Å². The van der Waals surface area contributed by atoms with Gasteiger partial charge >= 0.3 is 0 Å². The number of benzene rings is 3. The number of methoxy groups -OCH3 is 2. The summed E-state index contributed by atoms with van der Waals surface area (Å²) in [6.45, 7) is 2.54. The van der Waals surface area contributed by atoms with Crippen LogP contribution in [0.15, 0.2) is 66.7 Å². The zero-order valence-electron chi connectivity index (χ0n) is 19.1. The predicted octanol–water partition coefficient (Wildman–Crippen LogP) is 4.99. The van der Waals surface area contributed by atoms with E-state index in [0.29, 0.717) is 23.6 Å². The zero-order chi connectivity index (χ0) is 23.4. The van der Waals surface area contributed by atoms with Crippen molar-refractivity contribution in [3.8, 4) is 11.5 Å². The van der Waals surface area contributed by atoms with Gasteiger partial charge in [-0.25, -0.2) is 0 Å². The van der Waals surface area contributed by atoms with Crippen LogP contribution >= 0.6 is 0 Å². The van der Waals surface area contributed by atoms with Crippen molar-refractivity contribution in [1.29, 1.82) is 0 Å². The molecule has 2 amide bonds. The van der Waals surface area contributed by atoms with Crippen LogP contribution in [0.1, 0.15) is 46.4 Å². The molecule has 0 fully saturated rings. The number of fused-ring (bicyclic) bond motifs is 1. The Hall–Kier alpha value is -3.80. The van der Waals surface area contributed by atoms with Crippen molar-refractivity contribution in [1.82, 2.24) is 4.90 Å². The second-order valence-corrected chi connectivity index (χ2v) is 8.02. The van der Waals surface area contributed by atoms with Crippen molar-refractivity contribution in [2.24, 2.45) is 0 Å². The highest BCUT2D eigenvalue weighted by molar-refractivity contribution is 5.99. The number of amides is 2. The van der Waals surface area contributed by atoms with Crippen LogP contribution in [-0.2, 0) is 17.8 Å². The Bertz CT molecular complexity index is 1160. The van der Waals surface area contributed by atoms with Crippen LogP contribution in [0.5, 0.6) is 11.5 Å². The summed E-state index contributed by atoms with van der Waals surface area (Å²) in [6.07, 6.45) is 1.05. The van der Waals surface area contributed by atoms with E-state index in [2.05, 4.69) is 12.2 Å². The third-order valence-corrected chi connectivity index (χ3v) is 6.04. The molecule has 1 N–H and O–H groups in total. The Morgan fingerprint density at radius 1 is 1.00 bits per heavy atom. The molecule has 3 aromatic carbocycles. The summed E-state index contributed by atoms with van der Waals surface area (Å²) in [6, 6.07) is 20.4. The topological polar surface area (TPSA) is 67.9 Å². The van der Waals surface area contributed by atoms with Gasteiger partial charge in [0, 0.05) is 17.8 Å². The molecule has 1 aliphatic rings. The van der Waals surface area contributed by atoms with E-state index in [4.69, 9.17) is 9.47 Å². The number of carbonyl (C=O) groups excluding carboxylic acids is 2. The highest BCUT2D eigenvalue weighted by atomic mass is 16.5. The summed E-state index contributed by atoms with van der Waals surface area (Å²) in [4.78, 5) is 28.1. The quantitative estimate of drug-likeness (QED) is 0.531. The first kappa shape index (κ1) is 22.4. The average molecular weight is 445 g/mol. The lowest BCUT2D eigenvalue weighted by Crippen LogP contribution is -2.32. The minimum Gasteiger partial charge on any atom is -0.493 e. The van der Waals surface area contributed by atoms with Crippen molar-refractivity contribution in [3.63, 3.8) is 0 Å². The molecule has 0 unspecified atom stereocenters. The minimum absolute atomic E-state index is 0.0783. The minimum atomic E-state index is -0.459. The molecule has 33 heavy (non-hydrogen) atoms. The van der Waals surface area contributed by atoms with Gasteiger partial charge in [-0.05, 0) is 53.4 Å². The van der Waals surface area contributed by atoms with E-state index in [1.807, 2.05) is 60.7 Å². The van der Waals surface area contributed by atoms with Crippen molar-refractivity contribution in [3.05, 3.63) is 89.0 Å². The van der Waals surface area contributed by atoms with Crippen molar-refractivity contribution >= 4 is 17.5 Å². The van der Waals surface area contributed by atoms with Gasteiger partial charge in [-0.2, -0.15) is 0 Å². The van der Waals surface area contributed by atoms with Crippen LogP contribution in [0.3, 0.4) is 0 Å². The first-order valence-electron chi connectivity index (χ1n) is 11.0. The van der Waals surface area contributed by atoms with E-state index < -0.39 is 6.04 Å². The normalized spacial score (nSPS) is 13.4. The monoisotopic (exact) mass is 444 g/mol. The molecule has 0 saturated heterocycles. The van der Waals surface area contributed by atoms with Crippen molar-refractivity contribution in [2.75, 3.05) is 19.5 Å². The number of rotatable bonds is 8. The largest absolute Gasteiger partial charge is 0.493 e. The highest BCUT2D eigenvalue weighted by Crippen LogP contribution is 2.37. The van der Waals surface area contributed by atoms with E-state index in [1.165, 1.54) is 5.56 Å². The standard InChI is InChI=1S/C27H28N2O4/c1-4-18-9-12-21(13-10-18)28-26(30)16-23(19-11-14-24(32-2)25(15-19)33-3)29-17-20-7-5-6-8-22(20)27(29)31/h5-15,23H,4,16-17H2,1-3H3,(H,28,30)/t23-/m1/s1. The van der Waals surface area contributed by atoms with E-state index in [9.17, 15) is 9.59 Å². The van der Waals surface area contributed by atoms with Crippen LogP contribution in [-0.4, -0.2) is 30.9 Å². The second kappa shape index (κ2) is 9.77. The molecule has 6 heteroatoms. The van der Waals surface area contributed by atoms with Gasteiger partial charge in [-0.1, -0.05) is 43.3 Å². The molecule has 4 rings (SSSR count). The number of nitrogens with one attached hydrogen (secondary N) is 1. The molecular formula is C27H28N2O4. The molecule has 170 valence electrons. The summed E-state index contributed by atoms with van der Waals surface area (Å²) < 4.78 is 10.8. The highest BCUT2D eigenvalue weighted by Gasteiger charge is 2.34. The molecule has 0 aromatic heterocycles. The number of ether oxygens (including phenoxy) is 2. The number of carbonyl (C=O) groups is 2. The lowest BCUT2D eigenvalue weighted by Gasteiger charge is -2.28. The summed E-state index contributed by atoms with van der Waals surface area (Å²) >= 11 is 0. The summed E-state index contributed by atoms with van der Waals surface area (Å²) in [5, 5.41) is 2.97. The number of hydrogen-bond donors (Lipinski definition) is 1. The molecule has 6 nitrogen and oxygen atoms in total.